The Kier molecular flexibility index (Phi) is 9.03. The summed E-state index contributed by atoms with van der Waals surface area (Å²) < 4.78 is 10.8. The van der Waals surface area contributed by atoms with Gasteiger partial charge >= 0.3 is 0 Å². The van der Waals surface area contributed by atoms with Gasteiger partial charge in [0.05, 0.1) is 31.0 Å². The maximum absolute atomic E-state index is 8.90. The van der Waals surface area contributed by atoms with Gasteiger partial charge in [0.1, 0.15) is 6.61 Å². The Balaban J connectivity index is 1.95. The average Bonchev–Trinajstić information content (AvgIpc) is 3.02. The molecule has 0 unspecified atom stereocenters. The predicted octanol–water partition coefficient (Wildman–Crippen LogP) is 2.44. The van der Waals surface area contributed by atoms with E-state index in [-0.39, 0.29) is 13.2 Å². The molecule has 3 N–H and O–H groups in total. The topological polar surface area (TPSA) is 88.0 Å². The van der Waals surface area contributed by atoms with Gasteiger partial charge in [-0.2, -0.15) is 0 Å². The summed E-state index contributed by atoms with van der Waals surface area (Å²) in [5.74, 6) is 2.02. The minimum absolute atomic E-state index is 0.0347. The van der Waals surface area contributed by atoms with Gasteiger partial charge < -0.3 is 25.2 Å². The lowest BCUT2D eigenvalue weighted by molar-refractivity contribution is 0.196. The van der Waals surface area contributed by atoms with Crippen molar-refractivity contribution in [1.29, 1.82) is 0 Å². The van der Waals surface area contributed by atoms with Crippen molar-refractivity contribution in [2.45, 2.75) is 33.7 Å². The molecule has 28 heavy (non-hydrogen) atoms. The van der Waals surface area contributed by atoms with Gasteiger partial charge in [-0.25, -0.2) is 9.98 Å². The first-order valence-corrected chi connectivity index (χ1v) is 10.2. The molecule has 2 aromatic rings. The molecule has 1 aromatic heterocycles. The van der Waals surface area contributed by atoms with Crippen molar-refractivity contribution in [3.05, 3.63) is 39.3 Å². The van der Waals surface area contributed by atoms with Crippen molar-refractivity contribution in [1.82, 2.24) is 15.6 Å². The molecule has 0 fully saturated rings. The van der Waals surface area contributed by atoms with Gasteiger partial charge in [0, 0.05) is 24.4 Å². The number of benzene rings is 1. The number of rotatable bonds is 10. The van der Waals surface area contributed by atoms with E-state index in [1.165, 1.54) is 4.88 Å². The molecule has 2 rings (SSSR count). The Hall–Kier alpha value is -2.32. The van der Waals surface area contributed by atoms with E-state index < -0.39 is 0 Å². The van der Waals surface area contributed by atoms with E-state index in [9.17, 15) is 0 Å². The normalized spacial score (nSPS) is 11.4. The number of hydrogen-bond donors (Lipinski definition) is 3. The highest BCUT2D eigenvalue weighted by Gasteiger charge is 2.07. The quantitative estimate of drug-likeness (QED) is 0.415. The highest BCUT2D eigenvalue weighted by atomic mass is 32.1. The number of nitrogens with zero attached hydrogens (tertiary/aromatic N) is 2. The van der Waals surface area contributed by atoms with E-state index in [0.29, 0.717) is 18.0 Å². The number of methoxy groups -OCH3 is 1. The molecule has 8 heteroatoms. The van der Waals surface area contributed by atoms with Crippen molar-refractivity contribution in [2.24, 2.45) is 4.99 Å². The highest BCUT2D eigenvalue weighted by molar-refractivity contribution is 7.11. The number of aryl methyl sites for hydroxylation is 2. The Morgan fingerprint density at radius 3 is 2.71 bits per heavy atom. The number of hydrogen-bond acceptors (Lipinski definition) is 6. The van der Waals surface area contributed by atoms with Gasteiger partial charge in [-0.15, -0.1) is 11.3 Å². The number of thiazole rings is 1. The van der Waals surface area contributed by atoms with Crippen LogP contribution in [0.1, 0.15) is 28.1 Å². The molecular formula is C20H30N4O3S. The van der Waals surface area contributed by atoms with E-state index in [4.69, 9.17) is 14.6 Å². The van der Waals surface area contributed by atoms with E-state index in [1.807, 2.05) is 32.0 Å². The SMILES string of the molecule is CCNC(=NCc1ccc(OCCO)c(OC)c1)NCCc1nc(C)c(C)s1. The predicted molar refractivity (Wildman–Crippen MR) is 114 cm³/mol. The summed E-state index contributed by atoms with van der Waals surface area (Å²) >= 11 is 1.75. The number of aromatic nitrogens is 1. The van der Waals surface area contributed by atoms with Crippen LogP contribution in [0.3, 0.4) is 0 Å². The molecule has 0 bridgehead atoms. The summed E-state index contributed by atoms with van der Waals surface area (Å²) in [6, 6.07) is 5.69. The monoisotopic (exact) mass is 406 g/mol. The van der Waals surface area contributed by atoms with Crippen LogP contribution in [-0.4, -0.2) is 49.5 Å². The summed E-state index contributed by atoms with van der Waals surface area (Å²) in [7, 11) is 1.60. The van der Waals surface area contributed by atoms with Gasteiger partial charge in [0.15, 0.2) is 17.5 Å². The first-order valence-electron chi connectivity index (χ1n) is 9.43. The lowest BCUT2D eigenvalue weighted by Gasteiger charge is -2.12. The summed E-state index contributed by atoms with van der Waals surface area (Å²) in [6.07, 6.45) is 0.870. The van der Waals surface area contributed by atoms with E-state index in [0.717, 1.165) is 41.7 Å². The van der Waals surface area contributed by atoms with E-state index >= 15 is 0 Å². The number of guanidine groups is 1. The van der Waals surface area contributed by atoms with Crippen LogP contribution < -0.4 is 20.1 Å². The zero-order valence-corrected chi connectivity index (χ0v) is 17.9. The second kappa shape index (κ2) is 11.5. The fraction of sp³-hybridized carbons (Fsp3) is 0.500. The molecule has 0 radical (unpaired) electrons. The molecule has 7 nitrogen and oxygen atoms in total. The number of nitrogens with one attached hydrogen (secondary N) is 2. The molecule has 0 saturated carbocycles. The van der Waals surface area contributed by atoms with Crippen LogP contribution in [0, 0.1) is 13.8 Å². The van der Waals surface area contributed by atoms with Crippen LogP contribution in [0.4, 0.5) is 0 Å². The summed E-state index contributed by atoms with van der Waals surface area (Å²) in [5.41, 5.74) is 2.12. The van der Waals surface area contributed by atoms with E-state index in [2.05, 4.69) is 27.5 Å². The smallest absolute Gasteiger partial charge is 0.191 e. The highest BCUT2D eigenvalue weighted by Crippen LogP contribution is 2.28. The van der Waals surface area contributed by atoms with Crippen LogP contribution >= 0.6 is 11.3 Å². The van der Waals surface area contributed by atoms with Crippen molar-refractivity contribution in [2.75, 3.05) is 33.4 Å². The van der Waals surface area contributed by atoms with Crippen molar-refractivity contribution in [3.63, 3.8) is 0 Å². The Bertz CT molecular complexity index is 757. The third-order valence-electron chi connectivity index (χ3n) is 4.04. The van der Waals surface area contributed by atoms with Crippen molar-refractivity contribution in [3.8, 4) is 11.5 Å². The Morgan fingerprint density at radius 2 is 2.07 bits per heavy atom. The largest absolute Gasteiger partial charge is 0.493 e. The minimum Gasteiger partial charge on any atom is -0.493 e. The van der Waals surface area contributed by atoms with Crippen LogP contribution in [0.2, 0.25) is 0 Å². The molecule has 0 spiro atoms. The molecule has 1 aromatic carbocycles. The van der Waals surface area contributed by atoms with Gasteiger partial charge in [-0.3, -0.25) is 0 Å². The number of aliphatic hydroxyl groups is 1. The molecule has 154 valence electrons. The zero-order chi connectivity index (χ0) is 20.4. The van der Waals surface area contributed by atoms with Crippen LogP contribution in [-0.2, 0) is 13.0 Å². The van der Waals surface area contributed by atoms with Crippen molar-refractivity contribution < 1.29 is 14.6 Å². The standard InChI is InChI=1S/C20H30N4O3S/c1-5-21-20(22-9-8-19-24-14(2)15(3)28-19)23-13-16-6-7-17(27-11-10-25)18(12-16)26-4/h6-7,12,25H,5,8-11,13H2,1-4H3,(H2,21,22,23). The fourth-order valence-corrected chi connectivity index (χ4v) is 3.46. The van der Waals surface area contributed by atoms with Gasteiger partial charge in [0.2, 0.25) is 0 Å². The first kappa shape index (κ1) is 22.0. The summed E-state index contributed by atoms with van der Waals surface area (Å²) in [6.45, 7) is 8.47. The zero-order valence-electron chi connectivity index (χ0n) is 17.0. The molecule has 1 heterocycles. The molecular weight excluding hydrogens is 376 g/mol. The minimum atomic E-state index is -0.0347. The lowest BCUT2D eigenvalue weighted by atomic mass is 10.2. The second-order valence-electron chi connectivity index (χ2n) is 6.18. The average molecular weight is 407 g/mol. The third kappa shape index (κ3) is 6.69. The maximum atomic E-state index is 8.90. The summed E-state index contributed by atoms with van der Waals surface area (Å²) in [5, 5.41) is 16.7. The van der Waals surface area contributed by atoms with Crippen molar-refractivity contribution >= 4 is 17.3 Å². The lowest BCUT2D eigenvalue weighted by Crippen LogP contribution is -2.38. The van der Waals surface area contributed by atoms with Gasteiger partial charge in [0.25, 0.3) is 0 Å². The van der Waals surface area contributed by atoms with Crippen LogP contribution in [0.5, 0.6) is 11.5 Å². The molecule has 0 amide bonds. The molecule has 0 aliphatic heterocycles. The Morgan fingerprint density at radius 1 is 1.25 bits per heavy atom. The number of ether oxygens (including phenoxy) is 2. The molecule has 0 saturated heterocycles. The third-order valence-corrected chi connectivity index (χ3v) is 5.18. The van der Waals surface area contributed by atoms with E-state index in [1.54, 1.807) is 18.4 Å². The molecule has 0 atom stereocenters. The second-order valence-corrected chi connectivity index (χ2v) is 7.47. The molecule has 0 aliphatic carbocycles. The van der Waals surface area contributed by atoms with Crippen LogP contribution in [0.25, 0.3) is 0 Å². The van der Waals surface area contributed by atoms with Gasteiger partial charge in [-0.05, 0) is 38.5 Å². The molecule has 0 aliphatic rings. The maximum Gasteiger partial charge on any atom is 0.191 e. The fourth-order valence-electron chi connectivity index (χ4n) is 2.53. The summed E-state index contributed by atoms with van der Waals surface area (Å²) in [4.78, 5) is 10.5. The van der Waals surface area contributed by atoms with Crippen LogP contribution in [0.15, 0.2) is 23.2 Å². The van der Waals surface area contributed by atoms with Gasteiger partial charge in [-0.1, -0.05) is 6.07 Å². The first-order chi connectivity index (χ1) is 13.6. The number of aliphatic imine (C=N–C) groups is 1. The Labute approximate surface area is 170 Å². The number of aliphatic hydroxyl groups excluding tert-OH is 1.